The molecule has 0 aromatic heterocycles. The fraction of sp³-hybridized carbons (Fsp3) is 0. The van der Waals surface area contributed by atoms with Crippen molar-refractivity contribution in [2.75, 3.05) is 5.32 Å². The van der Waals surface area contributed by atoms with E-state index >= 15 is 0 Å². The summed E-state index contributed by atoms with van der Waals surface area (Å²) in [4.78, 5) is 23.0. The molecule has 1 amide bonds. The molecule has 2 aromatic carbocycles. The number of thioether (sulfide) groups is 1. The fourth-order valence-electron chi connectivity index (χ4n) is 2.06. The Kier molecular flexibility index (Phi) is 3.75. The number of hydrogen-bond acceptors (Lipinski definition) is 5. The molecule has 2 N–H and O–H groups in total. The van der Waals surface area contributed by atoms with Gasteiger partial charge in [-0.3, -0.25) is 14.9 Å². The number of hydrogen-bond donors (Lipinski definition) is 2. The van der Waals surface area contributed by atoms with Gasteiger partial charge in [0.05, 0.1) is 15.5 Å². The van der Waals surface area contributed by atoms with Gasteiger partial charge in [-0.15, -0.1) is 0 Å². The number of halogens is 1. The minimum atomic E-state index is -0.712. The summed E-state index contributed by atoms with van der Waals surface area (Å²) in [6.45, 7) is 0. The Morgan fingerprint density at radius 2 is 2.04 bits per heavy atom. The molecule has 3 rings (SSSR count). The number of nitrogens with one attached hydrogen (secondary N) is 1. The van der Waals surface area contributed by atoms with Crippen molar-refractivity contribution in [1.82, 2.24) is 0 Å². The van der Waals surface area contributed by atoms with E-state index in [1.807, 2.05) is 0 Å². The van der Waals surface area contributed by atoms with Gasteiger partial charge in [0.25, 0.3) is 5.91 Å². The number of phenols is 1. The van der Waals surface area contributed by atoms with Crippen molar-refractivity contribution in [1.29, 1.82) is 0 Å². The zero-order valence-electron chi connectivity index (χ0n) is 11.4. The maximum Gasteiger partial charge on any atom is 0.311 e. The minimum Gasteiger partial charge on any atom is -0.502 e. The van der Waals surface area contributed by atoms with E-state index in [0.29, 0.717) is 16.1 Å². The van der Waals surface area contributed by atoms with Gasteiger partial charge in [0.1, 0.15) is 5.82 Å². The molecule has 23 heavy (non-hydrogen) atoms. The second kappa shape index (κ2) is 5.73. The normalized spacial score (nSPS) is 15.2. The summed E-state index contributed by atoms with van der Waals surface area (Å²) in [6, 6.07) is 7.81. The Hall–Kier alpha value is -2.87. The molecular formula is C15H9FN2O4S. The molecule has 116 valence electrons. The van der Waals surface area contributed by atoms with Crippen LogP contribution in [0.5, 0.6) is 5.75 Å². The van der Waals surface area contributed by atoms with Crippen molar-refractivity contribution in [3.05, 3.63) is 62.8 Å². The molecule has 1 heterocycles. The van der Waals surface area contributed by atoms with Crippen LogP contribution in [0.3, 0.4) is 0 Å². The Bertz CT molecular complexity index is 867. The summed E-state index contributed by atoms with van der Waals surface area (Å²) in [6.07, 6.45) is 1.44. The SMILES string of the molecule is O=C1Nc2ccc(F)cc2S/C1=C\c1ccc(O)c([N+](=O)[O-])c1. The number of fused-ring (bicyclic) bond motifs is 1. The minimum absolute atomic E-state index is 0.267. The fourth-order valence-corrected chi connectivity index (χ4v) is 3.03. The largest absolute Gasteiger partial charge is 0.502 e. The summed E-state index contributed by atoms with van der Waals surface area (Å²) in [5.41, 5.74) is 0.439. The lowest BCUT2D eigenvalue weighted by Gasteiger charge is -2.18. The second-order valence-electron chi connectivity index (χ2n) is 4.71. The molecule has 1 aliphatic rings. The number of rotatable bonds is 2. The first-order chi connectivity index (χ1) is 10.9. The Morgan fingerprint density at radius 1 is 1.26 bits per heavy atom. The van der Waals surface area contributed by atoms with E-state index < -0.39 is 22.2 Å². The molecule has 6 nitrogen and oxygen atoms in total. The Balaban J connectivity index is 1.98. The van der Waals surface area contributed by atoms with Gasteiger partial charge in [0.2, 0.25) is 0 Å². The monoisotopic (exact) mass is 332 g/mol. The van der Waals surface area contributed by atoms with Crippen LogP contribution >= 0.6 is 11.8 Å². The molecule has 0 unspecified atom stereocenters. The van der Waals surface area contributed by atoms with Gasteiger partial charge >= 0.3 is 5.69 Å². The maximum absolute atomic E-state index is 13.3. The van der Waals surface area contributed by atoms with Crippen molar-refractivity contribution in [3.63, 3.8) is 0 Å². The number of nitrogens with zero attached hydrogens (tertiary/aromatic N) is 1. The molecule has 8 heteroatoms. The van der Waals surface area contributed by atoms with Crippen LogP contribution in [0.4, 0.5) is 15.8 Å². The van der Waals surface area contributed by atoms with Crippen LogP contribution in [0.1, 0.15) is 5.56 Å². The third-order valence-corrected chi connectivity index (χ3v) is 4.21. The molecule has 0 fully saturated rings. The molecule has 0 saturated heterocycles. The van der Waals surface area contributed by atoms with Crippen LogP contribution < -0.4 is 5.32 Å². The number of carbonyl (C=O) groups is 1. The molecule has 0 bridgehead atoms. The first-order valence-electron chi connectivity index (χ1n) is 6.42. The Morgan fingerprint density at radius 3 is 2.78 bits per heavy atom. The second-order valence-corrected chi connectivity index (χ2v) is 5.79. The van der Waals surface area contributed by atoms with Gasteiger partial charge in [-0.05, 0) is 35.9 Å². The summed E-state index contributed by atoms with van der Waals surface area (Å²) in [7, 11) is 0. The van der Waals surface area contributed by atoms with E-state index in [2.05, 4.69) is 5.32 Å². The van der Waals surface area contributed by atoms with E-state index in [1.165, 1.54) is 36.4 Å². The smallest absolute Gasteiger partial charge is 0.311 e. The van der Waals surface area contributed by atoms with E-state index in [1.54, 1.807) is 0 Å². The molecule has 0 radical (unpaired) electrons. The van der Waals surface area contributed by atoms with Gasteiger partial charge in [-0.1, -0.05) is 17.8 Å². The highest BCUT2D eigenvalue weighted by Gasteiger charge is 2.22. The molecule has 2 aromatic rings. The third kappa shape index (κ3) is 3.02. The first-order valence-corrected chi connectivity index (χ1v) is 7.23. The van der Waals surface area contributed by atoms with Crippen LogP contribution in [-0.2, 0) is 4.79 Å². The number of phenolic OH excluding ortho intramolecular Hbond substituents is 1. The Labute approximate surface area is 133 Å². The van der Waals surface area contributed by atoms with Crippen LogP contribution in [0.15, 0.2) is 46.2 Å². The van der Waals surface area contributed by atoms with Crippen LogP contribution in [-0.4, -0.2) is 15.9 Å². The molecule has 0 aliphatic carbocycles. The van der Waals surface area contributed by atoms with Gasteiger partial charge in [0, 0.05) is 11.0 Å². The standard InChI is InChI=1S/C15H9FN2O4S/c16-9-2-3-10-13(7-9)23-14(15(20)17-10)6-8-1-4-12(19)11(5-8)18(21)22/h1-7,19H,(H,17,20)/b14-6-. The van der Waals surface area contributed by atoms with Crippen molar-refractivity contribution in [2.45, 2.75) is 4.90 Å². The van der Waals surface area contributed by atoms with Crippen LogP contribution in [0.25, 0.3) is 6.08 Å². The number of amides is 1. The lowest BCUT2D eigenvalue weighted by Crippen LogP contribution is -2.17. The molecule has 0 atom stereocenters. The predicted molar refractivity (Wildman–Crippen MR) is 83.6 cm³/mol. The van der Waals surface area contributed by atoms with E-state index in [9.17, 15) is 24.4 Å². The predicted octanol–water partition coefficient (Wildman–Crippen LogP) is 3.52. The van der Waals surface area contributed by atoms with Crippen molar-refractivity contribution in [3.8, 4) is 5.75 Å². The van der Waals surface area contributed by atoms with Gasteiger partial charge < -0.3 is 10.4 Å². The number of carbonyl (C=O) groups excluding carboxylic acids is 1. The van der Waals surface area contributed by atoms with Crippen molar-refractivity contribution >= 4 is 35.1 Å². The molecular weight excluding hydrogens is 323 g/mol. The average molecular weight is 332 g/mol. The highest BCUT2D eigenvalue weighted by atomic mass is 32.2. The molecule has 0 spiro atoms. The number of benzene rings is 2. The summed E-state index contributed by atoms with van der Waals surface area (Å²) >= 11 is 1.07. The van der Waals surface area contributed by atoms with Crippen LogP contribution in [0.2, 0.25) is 0 Å². The average Bonchev–Trinajstić information content (AvgIpc) is 2.50. The third-order valence-electron chi connectivity index (χ3n) is 3.13. The summed E-state index contributed by atoms with van der Waals surface area (Å²) in [5.74, 6) is -1.26. The highest BCUT2D eigenvalue weighted by molar-refractivity contribution is 8.04. The number of nitro benzene ring substituents is 1. The highest BCUT2D eigenvalue weighted by Crippen LogP contribution is 2.39. The molecule has 1 aliphatic heterocycles. The lowest BCUT2D eigenvalue weighted by molar-refractivity contribution is -0.385. The number of nitro groups is 1. The van der Waals surface area contributed by atoms with Gasteiger partial charge in [-0.25, -0.2) is 4.39 Å². The summed E-state index contributed by atoms with van der Waals surface area (Å²) in [5, 5.41) is 22.9. The number of anilines is 1. The zero-order valence-corrected chi connectivity index (χ0v) is 12.3. The number of aromatic hydroxyl groups is 1. The van der Waals surface area contributed by atoms with Gasteiger partial charge in [-0.2, -0.15) is 0 Å². The van der Waals surface area contributed by atoms with E-state index in [-0.39, 0.29) is 10.8 Å². The first kappa shape index (κ1) is 15.0. The topological polar surface area (TPSA) is 92.5 Å². The van der Waals surface area contributed by atoms with E-state index in [0.717, 1.165) is 17.8 Å². The lowest BCUT2D eigenvalue weighted by atomic mass is 10.1. The van der Waals surface area contributed by atoms with Crippen LogP contribution in [0, 0.1) is 15.9 Å². The molecule has 0 saturated carbocycles. The quantitative estimate of drug-likeness (QED) is 0.499. The summed E-state index contributed by atoms with van der Waals surface area (Å²) < 4.78 is 13.3. The zero-order chi connectivity index (χ0) is 16.6. The van der Waals surface area contributed by atoms with Crippen molar-refractivity contribution < 1.29 is 19.2 Å². The maximum atomic E-state index is 13.3. The van der Waals surface area contributed by atoms with Crippen molar-refractivity contribution in [2.24, 2.45) is 0 Å². The van der Waals surface area contributed by atoms with E-state index in [4.69, 9.17) is 0 Å². The van der Waals surface area contributed by atoms with Gasteiger partial charge in [0.15, 0.2) is 5.75 Å².